The van der Waals surface area contributed by atoms with Gasteiger partial charge in [-0.2, -0.15) is 0 Å². The maximum Gasteiger partial charge on any atom is 0.355 e. The third-order valence-electron chi connectivity index (χ3n) is 4.37. The molecular formula is C22H28N2O5. The molecule has 0 fully saturated rings. The van der Waals surface area contributed by atoms with Gasteiger partial charge in [-0.1, -0.05) is 19.8 Å². The van der Waals surface area contributed by atoms with Crippen molar-refractivity contribution in [2.75, 3.05) is 20.3 Å². The number of unbranched alkanes of at least 4 members (excludes halogenated alkanes) is 2. The Morgan fingerprint density at radius 3 is 2.41 bits per heavy atom. The summed E-state index contributed by atoms with van der Waals surface area (Å²) >= 11 is 0. The van der Waals surface area contributed by atoms with Gasteiger partial charge in [0.05, 0.1) is 31.6 Å². The minimum Gasteiger partial charge on any atom is -0.497 e. The van der Waals surface area contributed by atoms with Gasteiger partial charge in [-0.15, -0.1) is 0 Å². The van der Waals surface area contributed by atoms with E-state index in [9.17, 15) is 9.59 Å². The predicted octanol–water partition coefficient (Wildman–Crippen LogP) is 4.54. The number of esters is 2. The van der Waals surface area contributed by atoms with E-state index in [4.69, 9.17) is 14.2 Å². The van der Waals surface area contributed by atoms with Gasteiger partial charge in [0, 0.05) is 5.69 Å². The van der Waals surface area contributed by atoms with Gasteiger partial charge in [0.1, 0.15) is 17.8 Å². The largest absolute Gasteiger partial charge is 0.497 e. The standard InChI is InChI=1S/C22H28N2O5/c1-5-7-8-13-29-21(25)19-14-20(22(26)28-6-2)24(16(19)3)15-23-17-9-11-18(27-4)12-10-17/h9-12,14-15H,5-8,13H2,1-4H3. The highest BCUT2D eigenvalue weighted by Crippen LogP contribution is 2.20. The zero-order chi connectivity index (χ0) is 21.2. The molecule has 0 spiro atoms. The SMILES string of the molecule is CCCCCOC(=O)c1cc(C(=O)OCC)n(C=Nc2ccc(OC)cc2)c1C. The maximum atomic E-state index is 12.5. The van der Waals surface area contributed by atoms with E-state index in [0.717, 1.165) is 25.0 Å². The zero-order valence-corrected chi connectivity index (χ0v) is 17.4. The van der Waals surface area contributed by atoms with Gasteiger partial charge in [-0.25, -0.2) is 14.6 Å². The van der Waals surface area contributed by atoms with Gasteiger partial charge < -0.3 is 14.2 Å². The average molecular weight is 400 g/mol. The lowest BCUT2D eigenvalue weighted by molar-refractivity contribution is 0.0496. The minimum absolute atomic E-state index is 0.224. The van der Waals surface area contributed by atoms with E-state index in [0.29, 0.717) is 23.6 Å². The molecule has 0 N–H and O–H groups in total. The fourth-order valence-electron chi connectivity index (χ4n) is 2.73. The number of hydrogen-bond donors (Lipinski definition) is 0. The van der Waals surface area contributed by atoms with E-state index in [1.54, 1.807) is 49.8 Å². The third-order valence-corrected chi connectivity index (χ3v) is 4.37. The summed E-state index contributed by atoms with van der Waals surface area (Å²) in [6.45, 7) is 6.14. The van der Waals surface area contributed by atoms with Crippen LogP contribution in [0.25, 0.3) is 0 Å². The summed E-state index contributed by atoms with van der Waals surface area (Å²) in [5.74, 6) is -0.260. The van der Waals surface area contributed by atoms with E-state index in [-0.39, 0.29) is 12.3 Å². The highest BCUT2D eigenvalue weighted by Gasteiger charge is 2.22. The van der Waals surface area contributed by atoms with Crippen molar-refractivity contribution >= 4 is 24.0 Å². The number of ether oxygens (including phenoxy) is 3. The maximum absolute atomic E-state index is 12.5. The molecule has 0 aliphatic rings. The first-order valence-corrected chi connectivity index (χ1v) is 9.76. The van der Waals surface area contributed by atoms with E-state index in [2.05, 4.69) is 11.9 Å². The van der Waals surface area contributed by atoms with Gasteiger partial charge in [0.25, 0.3) is 0 Å². The molecule has 0 saturated carbocycles. The number of rotatable bonds is 10. The molecule has 2 aromatic rings. The van der Waals surface area contributed by atoms with E-state index >= 15 is 0 Å². The van der Waals surface area contributed by atoms with Crippen molar-refractivity contribution in [1.82, 2.24) is 4.57 Å². The van der Waals surface area contributed by atoms with Crippen LogP contribution in [-0.4, -0.2) is 43.2 Å². The van der Waals surface area contributed by atoms with Crippen molar-refractivity contribution in [3.05, 3.63) is 47.3 Å². The van der Waals surface area contributed by atoms with Crippen LogP contribution in [0.4, 0.5) is 5.69 Å². The zero-order valence-electron chi connectivity index (χ0n) is 17.4. The Balaban J connectivity index is 2.30. The number of carbonyl (C=O) groups is 2. The second-order valence-electron chi connectivity index (χ2n) is 6.40. The minimum atomic E-state index is -0.526. The molecule has 0 unspecified atom stereocenters. The molecule has 29 heavy (non-hydrogen) atoms. The molecule has 0 aliphatic carbocycles. The van der Waals surface area contributed by atoms with Gasteiger partial charge in [-0.3, -0.25) is 4.57 Å². The number of hydrogen-bond acceptors (Lipinski definition) is 6. The van der Waals surface area contributed by atoms with Crippen LogP contribution in [-0.2, 0) is 9.47 Å². The molecule has 0 amide bonds. The summed E-state index contributed by atoms with van der Waals surface area (Å²) in [6.07, 6.45) is 4.35. The first kappa shape index (κ1) is 22.2. The molecule has 1 aromatic carbocycles. The number of aliphatic imine (C=N–C) groups is 1. The lowest BCUT2D eigenvalue weighted by Crippen LogP contribution is -2.13. The Morgan fingerprint density at radius 2 is 1.79 bits per heavy atom. The number of carbonyl (C=O) groups excluding carboxylic acids is 2. The van der Waals surface area contributed by atoms with Crippen molar-refractivity contribution in [2.45, 2.75) is 40.0 Å². The van der Waals surface area contributed by atoms with Gasteiger partial charge in [-0.05, 0) is 50.6 Å². The summed E-state index contributed by atoms with van der Waals surface area (Å²) in [6, 6.07) is 8.67. The average Bonchev–Trinajstić information content (AvgIpc) is 3.06. The fraction of sp³-hybridized carbons (Fsp3) is 0.409. The van der Waals surface area contributed by atoms with Crippen molar-refractivity contribution in [2.24, 2.45) is 4.99 Å². The molecule has 0 radical (unpaired) electrons. The lowest BCUT2D eigenvalue weighted by atomic mass is 10.2. The van der Waals surface area contributed by atoms with E-state index in [1.807, 2.05) is 0 Å². The van der Waals surface area contributed by atoms with Crippen LogP contribution in [0.5, 0.6) is 5.75 Å². The molecule has 0 aliphatic heterocycles. The van der Waals surface area contributed by atoms with Crippen LogP contribution in [0.2, 0.25) is 0 Å². The van der Waals surface area contributed by atoms with E-state index < -0.39 is 11.9 Å². The molecule has 156 valence electrons. The number of benzene rings is 1. The van der Waals surface area contributed by atoms with Crippen LogP contribution in [0.15, 0.2) is 35.3 Å². The van der Waals surface area contributed by atoms with E-state index in [1.165, 1.54) is 12.4 Å². The summed E-state index contributed by atoms with van der Waals surface area (Å²) in [5.41, 5.74) is 1.79. The molecule has 0 saturated heterocycles. The Kier molecular flexibility index (Phi) is 8.45. The molecular weight excluding hydrogens is 372 g/mol. The Morgan fingerprint density at radius 1 is 1.07 bits per heavy atom. The number of aromatic nitrogens is 1. The fourth-order valence-corrected chi connectivity index (χ4v) is 2.73. The van der Waals surface area contributed by atoms with Gasteiger partial charge in [0.15, 0.2) is 0 Å². The summed E-state index contributed by atoms with van der Waals surface area (Å²) < 4.78 is 17.1. The highest BCUT2D eigenvalue weighted by atomic mass is 16.5. The number of methoxy groups -OCH3 is 1. The normalized spacial score (nSPS) is 10.9. The topological polar surface area (TPSA) is 79.1 Å². The Bertz CT molecular complexity index is 853. The smallest absolute Gasteiger partial charge is 0.355 e. The predicted molar refractivity (Wildman–Crippen MR) is 111 cm³/mol. The third kappa shape index (κ3) is 5.94. The van der Waals surface area contributed by atoms with Crippen LogP contribution in [0, 0.1) is 6.92 Å². The Labute approximate surface area is 171 Å². The molecule has 0 bridgehead atoms. The quantitative estimate of drug-likeness (QED) is 0.253. The first-order valence-electron chi connectivity index (χ1n) is 9.76. The van der Waals surface area contributed by atoms with Crippen molar-refractivity contribution in [3.8, 4) is 5.75 Å². The molecule has 2 rings (SSSR count). The Hall–Kier alpha value is -3.09. The first-order chi connectivity index (χ1) is 14.0. The van der Waals surface area contributed by atoms with Crippen LogP contribution >= 0.6 is 0 Å². The monoisotopic (exact) mass is 400 g/mol. The summed E-state index contributed by atoms with van der Waals surface area (Å²) in [7, 11) is 1.59. The van der Waals surface area contributed by atoms with Gasteiger partial charge >= 0.3 is 11.9 Å². The lowest BCUT2D eigenvalue weighted by Gasteiger charge is -2.06. The summed E-state index contributed by atoms with van der Waals surface area (Å²) in [4.78, 5) is 29.2. The summed E-state index contributed by atoms with van der Waals surface area (Å²) in [5, 5.41) is 0. The van der Waals surface area contributed by atoms with Crippen molar-refractivity contribution in [1.29, 1.82) is 0 Å². The second-order valence-corrected chi connectivity index (χ2v) is 6.40. The van der Waals surface area contributed by atoms with Crippen LogP contribution in [0.3, 0.4) is 0 Å². The highest BCUT2D eigenvalue weighted by molar-refractivity contribution is 5.98. The number of nitrogens with zero attached hydrogens (tertiary/aromatic N) is 2. The molecule has 0 atom stereocenters. The van der Waals surface area contributed by atoms with Crippen LogP contribution < -0.4 is 4.74 Å². The molecule has 1 aromatic heterocycles. The van der Waals surface area contributed by atoms with Crippen LogP contribution in [0.1, 0.15) is 59.7 Å². The molecule has 7 nitrogen and oxygen atoms in total. The second kappa shape index (κ2) is 11.0. The van der Waals surface area contributed by atoms with Gasteiger partial charge in [0.2, 0.25) is 0 Å². The molecule has 1 heterocycles. The van der Waals surface area contributed by atoms with Crippen molar-refractivity contribution in [3.63, 3.8) is 0 Å². The van der Waals surface area contributed by atoms with Crippen molar-refractivity contribution < 1.29 is 23.8 Å². The molecule has 7 heteroatoms.